The predicted molar refractivity (Wildman–Crippen MR) is 105 cm³/mol. The predicted octanol–water partition coefficient (Wildman–Crippen LogP) is 3.33. The number of methoxy groups -OCH3 is 1. The summed E-state index contributed by atoms with van der Waals surface area (Å²) < 4.78 is 11.2. The van der Waals surface area contributed by atoms with Crippen molar-refractivity contribution < 1.29 is 19.1 Å². The van der Waals surface area contributed by atoms with Gasteiger partial charge in [0, 0.05) is 0 Å². The number of hydrogen-bond acceptors (Lipinski definition) is 5. The minimum atomic E-state index is -0.918. The zero-order valence-electron chi connectivity index (χ0n) is 16.1. The van der Waals surface area contributed by atoms with Crippen molar-refractivity contribution in [1.29, 1.82) is 0 Å². The molecule has 28 heavy (non-hydrogen) atoms. The number of amides is 3. The van der Waals surface area contributed by atoms with Gasteiger partial charge in [0.25, 0.3) is 5.91 Å². The molecule has 0 bridgehead atoms. The lowest BCUT2D eigenvalue weighted by molar-refractivity contribution is -0.130. The summed E-state index contributed by atoms with van der Waals surface area (Å²) in [5, 5.41) is 7.59. The van der Waals surface area contributed by atoms with Gasteiger partial charge in [-0.05, 0) is 42.7 Å². The number of benzene rings is 2. The van der Waals surface area contributed by atoms with Crippen LogP contribution >= 0.6 is 0 Å². The summed E-state index contributed by atoms with van der Waals surface area (Å²) in [7, 11) is 1.57. The average molecular weight is 381 g/mol. The minimum absolute atomic E-state index is 0.370. The summed E-state index contributed by atoms with van der Waals surface area (Å²) in [6, 6.07) is 14.5. The van der Waals surface area contributed by atoms with Crippen LogP contribution in [0, 0.1) is 0 Å². The highest BCUT2D eigenvalue weighted by molar-refractivity contribution is 6.07. The first-order valence-electron chi connectivity index (χ1n) is 9.02. The highest BCUT2D eigenvalue weighted by atomic mass is 16.5. The van der Waals surface area contributed by atoms with Crippen molar-refractivity contribution in [3.63, 3.8) is 0 Å². The molecule has 2 aromatic carbocycles. The number of carbonyl (C=O) groups excluding carboxylic acids is 2. The van der Waals surface area contributed by atoms with E-state index in [4.69, 9.17) is 9.47 Å². The maximum atomic E-state index is 12.4. The third-order valence-electron chi connectivity index (χ3n) is 4.69. The van der Waals surface area contributed by atoms with Crippen LogP contribution in [0.3, 0.4) is 0 Å². The summed E-state index contributed by atoms with van der Waals surface area (Å²) in [5.41, 5.74) is 0.787. The lowest BCUT2D eigenvalue weighted by Crippen LogP contribution is -2.42. The molecule has 1 aliphatic rings. The van der Waals surface area contributed by atoms with Gasteiger partial charge in [-0.15, -0.1) is 5.01 Å². The molecule has 1 N–H and O–H groups in total. The standard InChI is InChI=1S/C21H23N3O4/c1-4-21(2)19(25)24(20(26)23-21)22-13-16-10-11-17(27-3)18(12-16)28-14-15-8-6-5-7-9-15/h5-13H,4,14H2,1-3H3,(H,23,26)/b22-13-/t21-/m1/s1. The molecule has 0 unspecified atom stereocenters. The van der Waals surface area contributed by atoms with Gasteiger partial charge >= 0.3 is 6.03 Å². The Morgan fingerprint density at radius 1 is 1.14 bits per heavy atom. The highest BCUT2D eigenvalue weighted by Gasteiger charge is 2.46. The van der Waals surface area contributed by atoms with E-state index < -0.39 is 11.6 Å². The molecule has 3 amide bonds. The Morgan fingerprint density at radius 2 is 1.89 bits per heavy atom. The summed E-state index contributed by atoms with van der Waals surface area (Å²) >= 11 is 0. The molecule has 0 aliphatic carbocycles. The molecule has 7 nitrogen and oxygen atoms in total. The molecule has 0 aromatic heterocycles. The number of rotatable bonds is 7. The van der Waals surface area contributed by atoms with E-state index in [1.807, 2.05) is 37.3 Å². The van der Waals surface area contributed by atoms with Crippen molar-refractivity contribution in [2.24, 2.45) is 5.10 Å². The second-order valence-corrected chi connectivity index (χ2v) is 6.66. The zero-order valence-corrected chi connectivity index (χ0v) is 16.1. The summed E-state index contributed by atoms with van der Waals surface area (Å²) in [4.78, 5) is 24.4. The molecular formula is C21H23N3O4. The maximum Gasteiger partial charge on any atom is 0.346 e. The number of urea groups is 1. The molecule has 0 saturated carbocycles. The van der Waals surface area contributed by atoms with Gasteiger partial charge in [0.2, 0.25) is 0 Å². The van der Waals surface area contributed by atoms with Gasteiger partial charge in [0.1, 0.15) is 12.1 Å². The van der Waals surface area contributed by atoms with Gasteiger partial charge in [-0.25, -0.2) is 4.79 Å². The topological polar surface area (TPSA) is 80.2 Å². The normalized spacial score (nSPS) is 19.2. The first kappa shape index (κ1) is 19.4. The smallest absolute Gasteiger partial charge is 0.346 e. The molecule has 1 aliphatic heterocycles. The Kier molecular flexibility index (Phi) is 5.63. The van der Waals surface area contributed by atoms with Crippen molar-refractivity contribution in [3.8, 4) is 11.5 Å². The van der Waals surface area contributed by atoms with E-state index in [0.29, 0.717) is 30.1 Å². The Morgan fingerprint density at radius 3 is 2.54 bits per heavy atom. The van der Waals surface area contributed by atoms with E-state index in [2.05, 4.69) is 10.4 Å². The van der Waals surface area contributed by atoms with E-state index in [9.17, 15) is 9.59 Å². The van der Waals surface area contributed by atoms with Gasteiger partial charge in [0.15, 0.2) is 11.5 Å². The van der Waals surface area contributed by atoms with E-state index in [-0.39, 0.29) is 5.91 Å². The third-order valence-corrected chi connectivity index (χ3v) is 4.69. The van der Waals surface area contributed by atoms with Crippen molar-refractivity contribution in [3.05, 3.63) is 59.7 Å². The van der Waals surface area contributed by atoms with Crippen LogP contribution in [0.2, 0.25) is 0 Å². The largest absolute Gasteiger partial charge is 0.493 e. The lowest BCUT2D eigenvalue weighted by Gasteiger charge is -2.17. The fourth-order valence-electron chi connectivity index (χ4n) is 2.76. The van der Waals surface area contributed by atoms with Crippen LogP contribution < -0.4 is 14.8 Å². The van der Waals surface area contributed by atoms with Crippen LogP contribution in [-0.4, -0.2) is 35.8 Å². The monoisotopic (exact) mass is 381 g/mol. The van der Waals surface area contributed by atoms with Gasteiger partial charge in [0.05, 0.1) is 13.3 Å². The first-order valence-corrected chi connectivity index (χ1v) is 9.02. The SMILES string of the molecule is CC[C@@]1(C)NC(=O)N(/N=C\c2ccc(OC)c(OCc3ccccc3)c2)C1=O. The van der Waals surface area contributed by atoms with Crippen molar-refractivity contribution in [2.75, 3.05) is 7.11 Å². The lowest BCUT2D eigenvalue weighted by atomic mass is 10.00. The molecule has 3 rings (SSSR count). The van der Waals surface area contributed by atoms with E-state index in [1.165, 1.54) is 6.21 Å². The first-order chi connectivity index (χ1) is 13.5. The van der Waals surface area contributed by atoms with Crippen LogP contribution in [0.4, 0.5) is 4.79 Å². The number of carbonyl (C=O) groups is 2. The van der Waals surface area contributed by atoms with Crippen LogP contribution in [0.15, 0.2) is 53.6 Å². The fourth-order valence-corrected chi connectivity index (χ4v) is 2.76. The van der Waals surface area contributed by atoms with E-state index in [0.717, 1.165) is 10.6 Å². The number of ether oxygens (including phenoxy) is 2. The summed E-state index contributed by atoms with van der Waals surface area (Å²) in [6.07, 6.45) is 1.94. The van der Waals surface area contributed by atoms with Gasteiger partial charge < -0.3 is 14.8 Å². The quantitative estimate of drug-likeness (QED) is 0.589. The number of hydrogen-bond donors (Lipinski definition) is 1. The molecule has 7 heteroatoms. The molecule has 1 heterocycles. The Hall–Kier alpha value is -3.35. The second-order valence-electron chi connectivity index (χ2n) is 6.66. The number of imide groups is 1. The van der Waals surface area contributed by atoms with Crippen molar-refractivity contribution in [1.82, 2.24) is 10.3 Å². The van der Waals surface area contributed by atoms with Crippen LogP contribution in [-0.2, 0) is 11.4 Å². The van der Waals surface area contributed by atoms with Crippen molar-refractivity contribution >= 4 is 18.2 Å². The molecule has 2 aromatic rings. The van der Waals surface area contributed by atoms with Gasteiger partial charge in [-0.3, -0.25) is 4.79 Å². The molecule has 146 valence electrons. The zero-order chi connectivity index (χ0) is 20.1. The van der Waals surface area contributed by atoms with Crippen LogP contribution in [0.1, 0.15) is 31.4 Å². The second kappa shape index (κ2) is 8.12. The summed E-state index contributed by atoms with van der Waals surface area (Å²) in [5.74, 6) is 0.762. The van der Waals surface area contributed by atoms with Crippen LogP contribution in [0.5, 0.6) is 11.5 Å². The molecule has 0 radical (unpaired) electrons. The Bertz CT molecular complexity index is 898. The molecule has 1 saturated heterocycles. The molecule has 0 spiro atoms. The fraction of sp³-hybridized carbons (Fsp3) is 0.286. The van der Waals surface area contributed by atoms with E-state index in [1.54, 1.807) is 32.2 Å². The number of nitrogens with one attached hydrogen (secondary N) is 1. The highest BCUT2D eigenvalue weighted by Crippen LogP contribution is 2.28. The molecular weight excluding hydrogens is 358 g/mol. The molecule has 1 atom stereocenters. The van der Waals surface area contributed by atoms with Crippen LogP contribution in [0.25, 0.3) is 0 Å². The minimum Gasteiger partial charge on any atom is -0.493 e. The van der Waals surface area contributed by atoms with Gasteiger partial charge in [-0.1, -0.05) is 37.3 Å². The maximum absolute atomic E-state index is 12.4. The Balaban J connectivity index is 1.76. The Labute approximate surface area is 163 Å². The number of hydrazone groups is 1. The van der Waals surface area contributed by atoms with E-state index >= 15 is 0 Å². The third kappa shape index (κ3) is 3.98. The number of nitrogens with zero attached hydrogens (tertiary/aromatic N) is 2. The average Bonchev–Trinajstić information content (AvgIpc) is 2.94. The van der Waals surface area contributed by atoms with Crippen molar-refractivity contribution in [2.45, 2.75) is 32.4 Å². The van der Waals surface area contributed by atoms with Gasteiger partial charge in [-0.2, -0.15) is 5.10 Å². The molecule has 1 fully saturated rings. The summed E-state index contributed by atoms with van der Waals surface area (Å²) in [6.45, 7) is 3.91.